The van der Waals surface area contributed by atoms with E-state index < -0.39 is 10.9 Å². The number of rotatable bonds is 19. The predicted molar refractivity (Wildman–Crippen MR) is 260 cm³/mol. The summed E-state index contributed by atoms with van der Waals surface area (Å²) in [5.41, 5.74) is 5.01. The van der Waals surface area contributed by atoms with E-state index >= 15 is 0 Å². The minimum atomic E-state index is -1.12. The molecule has 16 heteroatoms. The van der Waals surface area contributed by atoms with Crippen LogP contribution in [0.2, 0.25) is 0 Å². The third-order valence-corrected chi connectivity index (χ3v) is 13.6. The van der Waals surface area contributed by atoms with E-state index in [-0.39, 0.29) is 23.3 Å². The van der Waals surface area contributed by atoms with Crippen molar-refractivity contribution >= 4 is 63.3 Å². The fraction of sp³-hybridized carbons (Fsp3) is 0.260. The summed E-state index contributed by atoms with van der Waals surface area (Å²) in [4.78, 5) is 41.9. The lowest BCUT2D eigenvalue weighted by Crippen LogP contribution is -2.44. The van der Waals surface area contributed by atoms with Crippen LogP contribution in [0.25, 0.3) is 27.5 Å². The zero-order valence-electron chi connectivity index (χ0n) is 36.6. The van der Waals surface area contributed by atoms with E-state index in [1.165, 1.54) is 6.07 Å². The minimum absolute atomic E-state index is 0.0215. The predicted octanol–water partition coefficient (Wildman–Crippen LogP) is 10.3. The van der Waals surface area contributed by atoms with E-state index in [1.54, 1.807) is 40.5 Å². The van der Waals surface area contributed by atoms with E-state index in [0.29, 0.717) is 90.7 Å². The number of aromatic carboxylic acids is 1. The molecule has 1 unspecified atom stereocenters. The number of fused-ring (bicyclic) bond motifs is 2. The lowest BCUT2D eigenvalue weighted by atomic mass is 9.96. The Balaban J connectivity index is 0.941. The van der Waals surface area contributed by atoms with Gasteiger partial charge in [0, 0.05) is 82.5 Å². The second kappa shape index (κ2) is 21.2. The number of ether oxygens (including phenoxy) is 1. The van der Waals surface area contributed by atoms with Crippen LogP contribution in [0.15, 0.2) is 131 Å². The number of carboxylic acids is 1. The monoisotopic (exact) mass is 927 g/mol. The van der Waals surface area contributed by atoms with Gasteiger partial charge < -0.3 is 20.1 Å². The summed E-state index contributed by atoms with van der Waals surface area (Å²) in [6, 6.07) is 37.8. The first-order valence-corrected chi connectivity index (χ1v) is 23.6. The van der Waals surface area contributed by atoms with Crippen LogP contribution in [0.3, 0.4) is 0 Å². The number of amides is 1. The number of aromatic nitrogens is 2. The fourth-order valence-electron chi connectivity index (χ4n) is 8.41. The standard InChI is InChI=1S/C50H50FN7O6S2/c1-33-29-36(30-34(2)47(33)44-18-9-17-43-41(48(50(60)61)53-57(43)44)16-10-28-64-46-19-8-12-35-11-6-7-15-40(35)46)49(59)54-66-39-20-21-42(45(31-39)58(62)63)52-37(32-65-38-13-4-3-5-14-38)22-23-55-24-26-56(51)27-25-55/h3-9,11-15,17-21,29-31,37,52H,10,16,22-28,32H2,1-2H3,(H,54,59)(H,60,61). The van der Waals surface area contributed by atoms with Crippen molar-refractivity contribution in [1.29, 1.82) is 0 Å². The second-order valence-electron chi connectivity index (χ2n) is 16.2. The topological polar surface area (TPSA) is 155 Å². The Labute approximate surface area is 390 Å². The number of piperazine rings is 1. The van der Waals surface area contributed by atoms with Gasteiger partial charge in [-0.1, -0.05) is 60.7 Å². The molecule has 5 aromatic carbocycles. The Morgan fingerprint density at radius 1 is 0.894 bits per heavy atom. The SMILES string of the molecule is Cc1cc(C(=O)NSc2ccc(NC(CCN3CCN(F)CC3)CSc3ccccc3)c([N+](=O)[O-])c2)cc(C)c1-c1cccc2c(CCCOc3cccc4ccccc34)c(C(=O)O)nn12. The van der Waals surface area contributed by atoms with Crippen molar-refractivity contribution in [3.8, 4) is 17.0 Å². The van der Waals surface area contributed by atoms with Gasteiger partial charge >= 0.3 is 5.97 Å². The zero-order chi connectivity index (χ0) is 46.2. The van der Waals surface area contributed by atoms with Gasteiger partial charge in [0.15, 0.2) is 5.69 Å². The minimum Gasteiger partial charge on any atom is -0.493 e. The summed E-state index contributed by atoms with van der Waals surface area (Å²) in [7, 11) is 0. The van der Waals surface area contributed by atoms with Crippen molar-refractivity contribution < 1.29 is 28.8 Å². The summed E-state index contributed by atoms with van der Waals surface area (Å²) in [5.74, 6) is -0.0570. The van der Waals surface area contributed by atoms with E-state index in [1.807, 2.05) is 105 Å². The number of carbonyl (C=O) groups excluding carboxylic acids is 1. The average molecular weight is 928 g/mol. The number of carboxylic acid groups (broad SMARTS) is 1. The fourth-order valence-corrected chi connectivity index (χ4v) is 10.0. The Morgan fingerprint density at radius 3 is 2.38 bits per heavy atom. The Hall–Kier alpha value is -6.46. The molecule has 1 atom stereocenters. The molecule has 2 aromatic heterocycles. The van der Waals surface area contributed by atoms with Crippen LogP contribution in [-0.4, -0.2) is 92.7 Å². The van der Waals surface area contributed by atoms with Gasteiger partial charge in [-0.2, -0.15) is 5.10 Å². The second-order valence-corrected chi connectivity index (χ2v) is 18.2. The molecule has 0 saturated carbocycles. The lowest BCUT2D eigenvalue weighted by molar-refractivity contribution is -0.384. The van der Waals surface area contributed by atoms with Crippen LogP contribution in [0, 0.1) is 24.0 Å². The van der Waals surface area contributed by atoms with Crippen molar-refractivity contribution in [2.24, 2.45) is 0 Å². The van der Waals surface area contributed by atoms with E-state index in [2.05, 4.69) is 20.0 Å². The first-order chi connectivity index (χ1) is 32.0. The molecule has 0 radical (unpaired) electrons. The number of carbonyl (C=O) groups is 2. The Kier molecular flexibility index (Phi) is 14.8. The van der Waals surface area contributed by atoms with E-state index in [9.17, 15) is 29.3 Å². The average Bonchev–Trinajstić information content (AvgIpc) is 3.71. The molecule has 0 spiro atoms. The van der Waals surface area contributed by atoms with Gasteiger partial charge in [-0.05, 0) is 116 Å². The lowest BCUT2D eigenvalue weighted by Gasteiger charge is -2.31. The maximum Gasteiger partial charge on any atom is 0.356 e. The first-order valence-electron chi connectivity index (χ1n) is 21.8. The maximum absolute atomic E-state index is 13.6. The first kappa shape index (κ1) is 46.1. The summed E-state index contributed by atoms with van der Waals surface area (Å²) in [5, 5.41) is 33.6. The van der Waals surface area contributed by atoms with Gasteiger partial charge in [0.25, 0.3) is 11.6 Å². The van der Waals surface area contributed by atoms with Crippen LogP contribution in [0.5, 0.6) is 5.75 Å². The molecular formula is C50H50FN7O6S2. The smallest absolute Gasteiger partial charge is 0.356 e. The van der Waals surface area contributed by atoms with Crippen LogP contribution in [0.1, 0.15) is 50.4 Å². The highest BCUT2D eigenvalue weighted by Crippen LogP contribution is 2.34. The largest absolute Gasteiger partial charge is 0.493 e. The van der Waals surface area contributed by atoms with Crippen molar-refractivity contribution in [1.82, 2.24) is 24.4 Å². The molecule has 8 rings (SSSR count). The van der Waals surface area contributed by atoms with Gasteiger partial charge in [-0.25, -0.2) is 9.31 Å². The number of halogens is 1. The molecule has 0 bridgehead atoms. The Morgan fingerprint density at radius 2 is 1.62 bits per heavy atom. The van der Waals surface area contributed by atoms with E-state index in [0.717, 1.165) is 61.7 Å². The quantitative estimate of drug-likeness (QED) is 0.0177. The highest BCUT2D eigenvalue weighted by Gasteiger charge is 2.24. The molecule has 3 N–H and O–H groups in total. The number of thioether (sulfide) groups is 1. The molecule has 1 fully saturated rings. The number of nitrogens with one attached hydrogen (secondary N) is 2. The molecule has 1 aliphatic rings. The number of aryl methyl sites for hydroxylation is 3. The van der Waals surface area contributed by atoms with Gasteiger partial charge in [0.05, 0.1) is 22.7 Å². The number of hydrogen-bond donors (Lipinski definition) is 3. The molecule has 1 aliphatic heterocycles. The van der Waals surface area contributed by atoms with Gasteiger partial charge in [0.2, 0.25) is 0 Å². The van der Waals surface area contributed by atoms with Crippen molar-refractivity contribution in [2.75, 3.05) is 50.4 Å². The molecular weight excluding hydrogens is 878 g/mol. The highest BCUT2D eigenvalue weighted by atomic mass is 32.2. The third-order valence-electron chi connectivity index (χ3n) is 11.7. The number of hydrogen-bond acceptors (Lipinski definition) is 11. The van der Waals surface area contributed by atoms with Gasteiger partial charge in [-0.3, -0.25) is 19.6 Å². The van der Waals surface area contributed by atoms with Gasteiger partial charge in [-0.15, -0.1) is 21.4 Å². The van der Waals surface area contributed by atoms with Crippen molar-refractivity contribution in [3.63, 3.8) is 0 Å². The number of nitro groups is 1. The van der Waals surface area contributed by atoms with Gasteiger partial charge in [0.1, 0.15) is 11.4 Å². The number of pyridine rings is 1. The van der Waals surface area contributed by atoms with Crippen molar-refractivity contribution in [3.05, 3.63) is 159 Å². The molecule has 1 amide bonds. The number of nitrogens with zero attached hydrogens (tertiary/aromatic N) is 5. The number of benzene rings is 5. The summed E-state index contributed by atoms with van der Waals surface area (Å²) in [6.45, 7) is 6.86. The Bertz CT molecular complexity index is 2840. The number of anilines is 1. The summed E-state index contributed by atoms with van der Waals surface area (Å²) < 4.78 is 24.3. The zero-order valence-corrected chi connectivity index (χ0v) is 38.2. The molecule has 340 valence electrons. The third kappa shape index (κ3) is 11.0. The summed E-state index contributed by atoms with van der Waals surface area (Å²) >= 11 is 2.66. The van der Waals surface area contributed by atoms with Crippen LogP contribution >= 0.6 is 23.7 Å². The molecule has 0 aliphatic carbocycles. The molecule has 66 heavy (non-hydrogen) atoms. The van der Waals surface area contributed by atoms with Crippen LogP contribution in [-0.2, 0) is 6.42 Å². The van der Waals surface area contributed by atoms with Crippen molar-refractivity contribution in [2.45, 2.75) is 48.9 Å². The molecule has 7 aromatic rings. The molecule has 13 nitrogen and oxygen atoms in total. The van der Waals surface area contributed by atoms with E-state index in [4.69, 9.17) is 4.74 Å². The normalized spacial score (nSPS) is 13.7. The summed E-state index contributed by atoms with van der Waals surface area (Å²) in [6.07, 6.45) is 1.71. The highest BCUT2D eigenvalue weighted by molar-refractivity contribution is 7.99. The molecule has 3 heterocycles. The number of nitro benzene ring substituents is 1. The van der Waals surface area contributed by atoms with Crippen LogP contribution < -0.4 is 14.8 Å². The van der Waals surface area contributed by atoms with Crippen LogP contribution in [0.4, 0.5) is 15.9 Å². The molecule has 1 saturated heterocycles. The maximum atomic E-state index is 13.6.